The first-order valence-electron chi connectivity index (χ1n) is 6.49. The molecule has 16 heavy (non-hydrogen) atoms. The van der Waals surface area contributed by atoms with Crippen LogP contribution in [0.3, 0.4) is 0 Å². The van der Waals surface area contributed by atoms with Crippen LogP contribution in [0.1, 0.15) is 58.8 Å². The summed E-state index contributed by atoms with van der Waals surface area (Å²) in [5.74, 6) is -0.668. The minimum absolute atomic E-state index is 0.129. The molecule has 0 saturated carbocycles. The average molecular weight is 230 g/mol. The number of rotatable bonds is 10. The van der Waals surface area contributed by atoms with Gasteiger partial charge in [0, 0.05) is 0 Å². The van der Waals surface area contributed by atoms with Crippen molar-refractivity contribution in [3.8, 4) is 0 Å². The van der Waals surface area contributed by atoms with Crippen molar-refractivity contribution in [1.82, 2.24) is 0 Å². The van der Waals surface area contributed by atoms with Crippen molar-refractivity contribution in [2.24, 2.45) is 5.92 Å². The molecule has 0 spiro atoms. The molecule has 3 nitrogen and oxygen atoms in total. The number of aliphatic hydroxyl groups is 1. The van der Waals surface area contributed by atoms with Crippen LogP contribution in [0.2, 0.25) is 0 Å². The zero-order chi connectivity index (χ0) is 12.2. The van der Waals surface area contributed by atoms with E-state index in [-0.39, 0.29) is 18.5 Å². The third kappa shape index (κ3) is 8.72. The van der Waals surface area contributed by atoms with E-state index in [9.17, 15) is 4.79 Å². The molecule has 0 fully saturated rings. The summed E-state index contributed by atoms with van der Waals surface area (Å²) in [4.78, 5) is 11.2. The number of hydrogen-bond donors (Lipinski definition) is 1. The third-order valence-electron chi connectivity index (χ3n) is 2.67. The Bertz CT molecular complexity index is 169. The molecule has 1 N–H and O–H groups in total. The third-order valence-corrected chi connectivity index (χ3v) is 2.67. The van der Waals surface area contributed by atoms with Crippen LogP contribution in [-0.4, -0.2) is 24.3 Å². The summed E-state index contributed by atoms with van der Waals surface area (Å²) in [6.45, 7) is 4.25. The molecular formula is C13H26O3. The Morgan fingerprint density at radius 1 is 1.12 bits per heavy atom. The summed E-state index contributed by atoms with van der Waals surface area (Å²) >= 11 is 0. The molecule has 0 aliphatic heterocycles. The van der Waals surface area contributed by atoms with Crippen LogP contribution >= 0.6 is 0 Å². The van der Waals surface area contributed by atoms with E-state index in [0.29, 0.717) is 6.61 Å². The fraction of sp³-hybridized carbons (Fsp3) is 0.923. The lowest BCUT2D eigenvalue weighted by Gasteiger charge is -2.08. The Morgan fingerprint density at radius 3 is 2.25 bits per heavy atom. The van der Waals surface area contributed by atoms with Crippen molar-refractivity contribution in [2.45, 2.75) is 58.8 Å². The second-order valence-electron chi connectivity index (χ2n) is 4.37. The molecule has 0 saturated heterocycles. The minimum Gasteiger partial charge on any atom is -0.465 e. The van der Waals surface area contributed by atoms with E-state index in [0.717, 1.165) is 12.8 Å². The molecule has 0 heterocycles. The molecule has 1 atom stereocenters. The SMILES string of the molecule is CCCCCCCCCOC(=O)C(C)CO. The lowest BCUT2D eigenvalue weighted by Crippen LogP contribution is -2.18. The molecule has 1 unspecified atom stereocenters. The molecule has 0 amide bonds. The van der Waals surface area contributed by atoms with Crippen molar-refractivity contribution in [3.05, 3.63) is 0 Å². The quantitative estimate of drug-likeness (QED) is 0.463. The highest BCUT2D eigenvalue weighted by Gasteiger charge is 2.11. The van der Waals surface area contributed by atoms with Crippen molar-refractivity contribution in [1.29, 1.82) is 0 Å². The molecule has 0 radical (unpaired) electrons. The molecule has 0 rings (SSSR count). The molecule has 0 aromatic heterocycles. The van der Waals surface area contributed by atoms with Gasteiger partial charge in [0.2, 0.25) is 0 Å². The summed E-state index contributed by atoms with van der Waals surface area (Å²) < 4.78 is 5.02. The first kappa shape index (κ1) is 15.4. The monoisotopic (exact) mass is 230 g/mol. The van der Waals surface area contributed by atoms with E-state index >= 15 is 0 Å². The molecule has 0 aliphatic rings. The van der Waals surface area contributed by atoms with Gasteiger partial charge in [-0.05, 0) is 13.3 Å². The predicted molar refractivity (Wildman–Crippen MR) is 65.2 cm³/mol. The number of unbranched alkanes of at least 4 members (excludes halogenated alkanes) is 6. The Balaban J connectivity index is 3.18. The summed E-state index contributed by atoms with van der Waals surface area (Å²) in [5, 5.41) is 8.73. The van der Waals surface area contributed by atoms with Gasteiger partial charge in [0.15, 0.2) is 0 Å². The van der Waals surface area contributed by atoms with Crippen molar-refractivity contribution >= 4 is 5.97 Å². The molecular weight excluding hydrogens is 204 g/mol. The maximum atomic E-state index is 11.2. The Hall–Kier alpha value is -0.570. The lowest BCUT2D eigenvalue weighted by atomic mass is 10.1. The highest BCUT2D eigenvalue weighted by molar-refractivity contribution is 5.72. The predicted octanol–water partition coefficient (Wildman–Crippen LogP) is 2.91. The van der Waals surface area contributed by atoms with Gasteiger partial charge in [-0.15, -0.1) is 0 Å². The maximum absolute atomic E-state index is 11.2. The fourth-order valence-corrected chi connectivity index (χ4v) is 1.45. The summed E-state index contributed by atoms with van der Waals surface area (Å²) in [6.07, 6.45) is 8.50. The fourth-order valence-electron chi connectivity index (χ4n) is 1.45. The topological polar surface area (TPSA) is 46.5 Å². The highest BCUT2D eigenvalue weighted by atomic mass is 16.5. The lowest BCUT2D eigenvalue weighted by molar-refractivity contribution is -0.149. The van der Waals surface area contributed by atoms with Crippen LogP contribution in [0, 0.1) is 5.92 Å². The number of esters is 1. The van der Waals surface area contributed by atoms with Gasteiger partial charge in [-0.2, -0.15) is 0 Å². The summed E-state index contributed by atoms with van der Waals surface area (Å²) in [7, 11) is 0. The molecule has 3 heteroatoms. The largest absolute Gasteiger partial charge is 0.465 e. The van der Waals surface area contributed by atoms with Crippen LogP contribution in [0.4, 0.5) is 0 Å². The molecule has 0 aromatic rings. The maximum Gasteiger partial charge on any atom is 0.310 e. The Kier molecular flexibility index (Phi) is 10.5. The number of aliphatic hydroxyl groups excluding tert-OH is 1. The van der Waals surface area contributed by atoms with E-state index in [1.165, 1.54) is 32.1 Å². The second-order valence-corrected chi connectivity index (χ2v) is 4.37. The Labute approximate surface area is 99.2 Å². The zero-order valence-corrected chi connectivity index (χ0v) is 10.7. The van der Waals surface area contributed by atoms with Crippen LogP contribution in [0.5, 0.6) is 0 Å². The Morgan fingerprint density at radius 2 is 1.69 bits per heavy atom. The summed E-state index contributed by atoms with van der Waals surface area (Å²) in [6, 6.07) is 0. The molecule has 96 valence electrons. The van der Waals surface area contributed by atoms with Gasteiger partial charge in [0.25, 0.3) is 0 Å². The molecule has 0 aromatic carbocycles. The first-order chi connectivity index (χ1) is 7.72. The highest BCUT2D eigenvalue weighted by Crippen LogP contribution is 2.07. The molecule has 0 aliphatic carbocycles. The van der Waals surface area contributed by atoms with Gasteiger partial charge < -0.3 is 9.84 Å². The standard InChI is InChI=1S/C13H26O3/c1-3-4-5-6-7-8-9-10-16-13(15)12(2)11-14/h12,14H,3-11H2,1-2H3. The number of hydrogen-bond acceptors (Lipinski definition) is 3. The van der Waals surface area contributed by atoms with E-state index in [4.69, 9.17) is 9.84 Å². The van der Waals surface area contributed by atoms with Crippen LogP contribution in [0.15, 0.2) is 0 Å². The van der Waals surface area contributed by atoms with Crippen LogP contribution in [-0.2, 0) is 9.53 Å². The van der Waals surface area contributed by atoms with Crippen LogP contribution < -0.4 is 0 Å². The van der Waals surface area contributed by atoms with E-state index < -0.39 is 0 Å². The summed E-state index contributed by atoms with van der Waals surface area (Å²) in [5.41, 5.74) is 0. The van der Waals surface area contributed by atoms with Gasteiger partial charge in [-0.25, -0.2) is 0 Å². The van der Waals surface area contributed by atoms with Gasteiger partial charge in [-0.1, -0.05) is 45.4 Å². The van der Waals surface area contributed by atoms with Crippen molar-refractivity contribution < 1.29 is 14.6 Å². The average Bonchev–Trinajstić information content (AvgIpc) is 2.31. The first-order valence-corrected chi connectivity index (χ1v) is 6.49. The van der Waals surface area contributed by atoms with Gasteiger partial charge in [0.05, 0.1) is 19.1 Å². The number of carbonyl (C=O) groups is 1. The molecule has 0 bridgehead atoms. The smallest absolute Gasteiger partial charge is 0.310 e. The van der Waals surface area contributed by atoms with Gasteiger partial charge >= 0.3 is 5.97 Å². The number of carbonyl (C=O) groups excluding carboxylic acids is 1. The van der Waals surface area contributed by atoms with E-state index in [1.54, 1.807) is 6.92 Å². The van der Waals surface area contributed by atoms with Crippen LogP contribution in [0.25, 0.3) is 0 Å². The van der Waals surface area contributed by atoms with Gasteiger partial charge in [-0.3, -0.25) is 4.79 Å². The van der Waals surface area contributed by atoms with Gasteiger partial charge in [0.1, 0.15) is 0 Å². The second kappa shape index (κ2) is 10.9. The van der Waals surface area contributed by atoms with E-state index in [1.807, 2.05) is 0 Å². The number of ether oxygens (including phenoxy) is 1. The van der Waals surface area contributed by atoms with E-state index in [2.05, 4.69) is 6.92 Å². The van der Waals surface area contributed by atoms with Crippen molar-refractivity contribution in [3.63, 3.8) is 0 Å². The normalized spacial score (nSPS) is 12.4. The van der Waals surface area contributed by atoms with Crippen molar-refractivity contribution in [2.75, 3.05) is 13.2 Å². The zero-order valence-electron chi connectivity index (χ0n) is 10.7. The minimum atomic E-state index is -0.385.